The van der Waals surface area contributed by atoms with Crippen LogP contribution in [0, 0.1) is 0 Å². The highest BCUT2D eigenvalue weighted by atomic mass is 35.5. The summed E-state index contributed by atoms with van der Waals surface area (Å²) in [5.74, 6) is -0.908. The van der Waals surface area contributed by atoms with Gasteiger partial charge in [0.05, 0.1) is 28.2 Å². The van der Waals surface area contributed by atoms with Crippen LogP contribution < -0.4 is 4.74 Å². The van der Waals surface area contributed by atoms with E-state index >= 15 is 0 Å². The number of hydrogen-bond donors (Lipinski definition) is 0. The van der Waals surface area contributed by atoms with E-state index in [2.05, 4.69) is 0 Å². The zero-order valence-corrected chi connectivity index (χ0v) is 24.7. The molecule has 0 amide bonds. The van der Waals surface area contributed by atoms with E-state index in [0.29, 0.717) is 27.9 Å². The molecule has 3 heterocycles. The van der Waals surface area contributed by atoms with Gasteiger partial charge in [0.1, 0.15) is 18.5 Å². The second kappa shape index (κ2) is 12.2. The van der Waals surface area contributed by atoms with Gasteiger partial charge in [-0.3, -0.25) is 14.4 Å². The van der Waals surface area contributed by atoms with Gasteiger partial charge in [0.25, 0.3) is 0 Å². The SMILES string of the molecule is COc1ccc2c(C3=N[C@H]4[C@@H](O3)O[C@H](COC(C)=O)[C@@H](OC(C)=O)[C@@H]4OC(C)=O)cn(Cc3ccc(Cl)c(Cl)c3)c2c1. The largest absolute Gasteiger partial charge is 0.497 e. The number of nitrogens with zero attached hydrogens (tertiary/aromatic N) is 2. The topological polar surface area (TPSA) is 124 Å². The minimum atomic E-state index is -1.10. The van der Waals surface area contributed by atoms with Gasteiger partial charge in [-0.1, -0.05) is 29.3 Å². The van der Waals surface area contributed by atoms with Crippen molar-refractivity contribution < 1.29 is 42.8 Å². The van der Waals surface area contributed by atoms with Crippen LogP contribution in [-0.4, -0.2) is 72.7 Å². The lowest BCUT2D eigenvalue weighted by atomic mass is 9.97. The Morgan fingerprint density at radius 2 is 1.69 bits per heavy atom. The van der Waals surface area contributed by atoms with Crippen LogP contribution in [-0.2, 0) is 44.6 Å². The van der Waals surface area contributed by atoms with Crippen molar-refractivity contribution in [1.82, 2.24) is 4.57 Å². The molecule has 0 N–H and O–H groups in total. The quantitative estimate of drug-likeness (QED) is 0.268. The molecule has 2 aliphatic rings. The predicted octanol–water partition coefficient (Wildman–Crippen LogP) is 4.30. The van der Waals surface area contributed by atoms with Gasteiger partial charge in [0.2, 0.25) is 12.2 Å². The second-order valence-electron chi connectivity index (χ2n) is 9.84. The molecule has 3 aromatic rings. The van der Waals surface area contributed by atoms with Crippen LogP contribution in [0.1, 0.15) is 31.9 Å². The van der Waals surface area contributed by atoms with Crippen molar-refractivity contribution in [2.45, 2.75) is 58.0 Å². The fraction of sp³-hybridized carbons (Fsp3) is 0.379. The summed E-state index contributed by atoms with van der Waals surface area (Å²) in [6.45, 7) is 3.89. The molecule has 0 radical (unpaired) electrons. The van der Waals surface area contributed by atoms with Crippen LogP contribution >= 0.6 is 23.2 Å². The monoisotopic (exact) mass is 618 g/mol. The van der Waals surface area contributed by atoms with Gasteiger partial charge in [-0.25, -0.2) is 4.99 Å². The van der Waals surface area contributed by atoms with Crippen molar-refractivity contribution in [2.24, 2.45) is 4.99 Å². The maximum absolute atomic E-state index is 12.1. The highest BCUT2D eigenvalue weighted by Gasteiger charge is 2.54. The zero-order chi connectivity index (χ0) is 30.1. The number of esters is 3. The van der Waals surface area contributed by atoms with Crippen LogP contribution in [0.4, 0.5) is 0 Å². The Labute approximate surface area is 251 Å². The summed E-state index contributed by atoms with van der Waals surface area (Å²) >= 11 is 12.4. The number of carbonyl (C=O) groups excluding carboxylic acids is 3. The summed E-state index contributed by atoms with van der Waals surface area (Å²) in [7, 11) is 1.58. The fourth-order valence-corrected chi connectivity index (χ4v) is 5.38. The molecule has 0 unspecified atom stereocenters. The van der Waals surface area contributed by atoms with Crippen LogP contribution in [0.5, 0.6) is 5.75 Å². The summed E-state index contributed by atoms with van der Waals surface area (Å²) < 4.78 is 35.9. The average molecular weight is 619 g/mol. The molecule has 1 fully saturated rings. The first-order valence-corrected chi connectivity index (χ1v) is 13.8. The van der Waals surface area contributed by atoms with Crippen LogP contribution in [0.25, 0.3) is 10.9 Å². The van der Waals surface area contributed by atoms with Gasteiger partial charge in [-0.05, 0) is 29.8 Å². The molecule has 5 atom stereocenters. The molecule has 0 aliphatic carbocycles. The Kier molecular flexibility index (Phi) is 8.63. The number of carbonyl (C=O) groups is 3. The Morgan fingerprint density at radius 1 is 0.952 bits per heavy atom. The van der Waals surface area contributed by atoms with E-state index in [4.69, 9.17) is 56.6 Å². The molecule has 11 nitrogen and oxygen atoms in total. The van der Waals surface area contributed by atoms with E-state index in [9.17, 15) is 14.4 Å². The third-order valence-corrected chi connectivity index (χ3v) is 7.56. The first-order valence-electron chi connectivity index (χ1n) is 13.0. The number of halogens is 2. The van der Waals surface area contributed by atoms with Crippen molar-refractivity contribution >= 4 is 57.9 Å². The second-order valence-corrected chi connectivity index (χ2v) is 10.7. The first-order chi connectivity index (χ1) is 20.0. The maximum atomic E-state index is 12.1. The molecule has 222 valence electrons. The van der Waals surface area contributed by atoms with Crippen molar-refractivity contribution in [3.05, 3.63) is 63.8 Å². The molecule has 0 saturated carbocycles. The van der Waals surface area contributed by atoms with E-state index in [1.54, 1.807) is 19.2 Å². The number of methoxy groups -OCH3 is 1. The first kappa shape index (κ1) is 29.7. The normalized spacial score (nSPS) is 23.0. The molecule has 2 aromatic carbocycles. The minimum absolute atomic E-state index is 0.236. The highest BCUT2D eigenvalue weighted by Crippen LogP contribution is 2.36. The third-order valence-electron chi connectivity index (χ3n) is 6.82. The van der Waals surface area contributed by atoms with Crippen molar-refractivity contribution in [3.63, 3.8) is 0 Å². The van der Waals surface area contributed by atoms with Crippen LogP contribution in [0.3, 0.4) is 0 Å². The summed E-state index contributed by atoms with van der Waals surface area (Å²) in [5.41, 5.74) is 2.39. The lowest BCUT2D eigenvalue weighted by Crippen LogP contribution is -2.60. The van der Waals surface area contributed by atoms with Gasteiger partial charge in [-0.2, -0.15) is 0 Å². The molecule has 0 bridgehead atoms. The molecule has 1 saturated heterocycles. The smallest absolute Gasteiger partial charge is 0.303 e. The third kappa shape index (κ3) is 6.18. The lowest BCUT2D eigenvalue weighted by Gasteiger charge is -2.40. The Balaban J connectivity index is 1.54. The van der Waals surface area contributed by atoms with Crippen molar-refractivity contribution in [3.8, 4) is 5.75 Å². The lowest BCUT2D eigenvalue weighted by molar-refractivity contribution is -0.249. The van der Waals surface area contributed by atoms with E-state index < -0.39 is 48.6 Å². The Hall–Kier alpha value is -3.80. The number of fused-ring (bicyclic) bond motifs is 2. The number of aliphatic imine (C=N–C) groups is 1. The molecule has 42 heavy (non-hydrogen) atoms. The number of benzene rings is 2. The van der Waals surface area contributed by atoms with Crippen LogP contribution in [0.15, 0.2) is 47.6 Å². The Bertz CT molecular complexity index is 1570. The van der Waals surface area contributed by atoms with Gasteiger partial charge in [0.15, 0.2) is 18.2 Å². The number of aromatic nitrogens is 1. The molecule has 13 heteroatoms. The fourth-order valence-electron chi connectivity index (χ4n) is 5.06. The summed E-state index contributed by atoms with van der Waals surface area (Å²) in [4.78, 5) is 40.4. The molecular formula is C29H28Cl2N2O9. The standard InChI is InChI=1S/C29H28Cl2N2O9/c1-14(34)38-13-24-26(39-15(2)35)27(40-16(3)36)25-29(41-24)42-28(32-25)20-12-33(11-17-5-8-21(30)22(31)9-17)23-10-18(37-4)6-7-19(20)23/h5-10,12,24-27,29H,11,13H2,1-4H3/t24-,25-,26-,27-,29-/m1/s1. The molecule has 2 aliphatic heterocycles. The molecule has 0 spiro atoms. The maximum Gasteiger partial charge on any atom is 0.303 e. The number of ether oxygens (including phenoxy) is 6. The van der Waals surface area contributed by atoms with Crippen molar-refractivity contribution in [2.75, 3.05) is 13.7 Å². The van der Waals surface area contributed by atoms with Crippen LogP contribution in [0.2, 0.25) is 10.0 Å². The van der Waals surface area contributed by atoms with E-state index in [0.717, 1.165) is 16.5 Å². The van der Waals surface area contributed by atoms with E-state index in [1.807, 2.05) is 35.0 Å². The summed E-state index contributed by atoms with van der Waals surface area (Å²) in [5, 5.41) is 1.71. The number of rotatable bonds is 8. The van der Waals surface area contributed by atoms with Gasteiger partial charge in [0, 0.05) is 45.0 Å². The average Bonchev–Trinajstić information content (AvgIpc) is 3.51. The zero-order valence-electron chi connectivity index (χ0n) is 23.2. The van der Waals surface area contributed by atoms with E-state index in [-0.39, 0.29) is 12.5 Å². The molecular weight excluding hydrogens is 591 g/mol. The van der Waals surface area contributed by atoms with Gasteiger partial charge >= 0.3 is 17.9 Å². The Morgan fingerprint density at radius 3 is 2.36 bits per heavy atom. The number of hydrogen-bond acceptors (Lipinski definition) is 10. The van der Waals surface area contributed by atoms with Crippen molar-refractivity contribution in [1.29, 1.82) is 0 Å². The summed E-state index contributed by atoms with van der Waals surface area (Å²) in [6, 6.07) is 10.1. The molecule has 5 rings (SSSR count). The van der Waals surface area contributed by atoms with E-state index in [1.165, 1.54) is 20.8 Å². The molecule has 1 aromatic heterocycles. The highest BCUT2D eigenvalue weighted by molar-refractivity contribution is 6.42. The summed E-state index contributed by atoms with van der Waals surface area (Å²) in [6.07, 6.45) is -2.27. The minimum Gasteiger partial charge on any atom is -0.497 e. The van der Waals surface area contributed by atoms with Gasteiger partial charge < -0.3 is 33.0 Å². The predicted molar refractivity (Wildman–Crippen MR) is 152 cm³/mol. The van der Waals surface area contributed by atoms with Gasteiger partial charge in [-0.15, -0.1) is 0 Å².